The smallest absolute Gasteiger partial charge is 0.131 e. The molecule has 0 saturated heterocycles. The number of hydrogen-bond donors (Lipinski definition) is 0. The van der Waals surface area contributed by atoms with Crippen molar-refractivity contribution in [3.05, 3.63) is 60.4 Å². The summed E-state index contributed by atoms with van der Waals surface area (Å²) in [6.07, 6.45) is 0. The Bertz CT molecular complexity index is 1240. The van der Waals surface area contributed by atoms with Crippen LogP contribution in [0.25, 0.3) is 53.9 Å². The van der Waals surface area contributed by atoms with Gasteiger partial charge in [-0.2, -0.15) is 0 Å². The van der Waals surface area contributed by atoms with Gasteiger partial charge in [0.1, 0.15) is 5.82 Å². The highest BCUT2D eigenvalue weighted by molar-refractivity contribution is 6.44. The first-order chi connectivity index (χ1) is 10.3. The van der Waals surface area contributed by atoms with Gasteiger partial charge in [-0.15, -0.1) is 0 Å². The zero-order valence-electron chi connectivity index (χ0n) is 11.1. The molecule has 6 rings (SSSR count). The van der Waals surface area contributed by atoms with Crippen molar-refractivity contribution in [1.29, 1.82) is 0 Å². The Morgan fingerprint density at radius 2 is 0.905 bits per heavy atom. The molecule has 0 bridgehead atoms. The van der Waals surface area contributed by atoms with E-state index in [1.54, 1.807) is 6.07 Å². The molecule has 0 aromatic heterocycles. The summed E-state index contributed by atoms with van der Waals surface area (Å²) in [5.41, 5.74) is 0. The van der Waals surface area contributed by atoms with E-state index >= 15 is 0 Å². The molecule has 6 aromatic carbocycles. The standard InChI is InChI=1S/C20H9F/c21-15-9-13-6-5-11-2-1-10-3-4-12-7-8-14(15)20-18(12)16(10)17(11)19(13)20/h1-9H. The summed E-state index contributed by atoms with van der Waals surface area (Å²) in [7, 11) is 0. The van der Waals surface area contributed by atoms with E-state index in [-0.39, 0.29) is 5.82 Å². The molecule has 0 spiro atoms. The Labute approximate surface area is 119 Å². The molecule has 0 unspecified atom stereocenters. The molecule has 0 heterocycles. The van der Waals surface area contributed by atoms with E-state index in [1.165, 1.54) is 37.7 Å². The predicted octanol–water partition coefficient (Wildman–Crippen LogP) is 5.91. The third-order valence-electron chi connectivity index (χ3n) is 4.97. The molecule has 0 nitrogen and oxygen atoms in total. The minimum absolute atomic E-state index is 0.122. The van der Waals surface area contributed by atoms with Gasteiger partial charge in [0, 0.05) is 10.8 Å². The first kappa shape index (κ1) is 10.1. The van der Waals surface area contributed by atoms with Gasteiger partial charge in [-0.3, -0.25) is 0 Å². The summed E-state index contributed by atoms with van der Waals surface area (Å²) < 4.78 is 14.5. The Hall–Kier alpha value is -2.67. The van der Waals surface area contributed by atoms with Crippen LogP contribution in [0.4, 0.5) is 4.39 Å². The Morgan fingerprint density at radius 3 is 1.52 bits per heavy atom. The minimum atomic E-state index is -0.122. The molecule has 1 heteroatoms. The van der Waals surface area contributed by atoms with Crippen LogP contribution in [0.15, 0.2) is 54.6 Å². The van der Waals surface area contributed by atoms with Crippen molar-refractivity contribution in [3.63, 3.8) is 0 Å². The summed E-state index contributed by atoms with van der Waals surface area (Å²) in [4.78, 5) is 0. The van der Waals surface area contributed by atoms with Crippen molar-refractivity contribution in [3.8, 4) is 0 Å². The molecule has 0 amide bonds. The number of rotatable bonds is 0. The lowest BCUT2D eigenvalue weighted by Crippen LogP contribution is -1.82. The first-order valence-electron chi connectivity index (χ1n) is 7.16. The van der Waals surface area contributed by atoms with E-state index in [4.69, 9.17) is 0 Å². The topological polar surface area (TPSA) is 0 Å². The zero-order chi connectivity index (χ0) is 13.7. The van der Waals surface area contributed by atoms with Crippen LogP contribution in [0.3, 0.4) is 0 Å². The maximum Gasteiger partial charge on any atom is 0.131 e. The second-order valence-electron chi connectivity index (χ2n) is 5.94. The average molecular weight is 268 g/mol. The van der Waals surface area contributed by atoms with Crippen LogP contribution in [-0.4, -0.2) is 0 Å². The van der Waals surface area contributed by atoms with Crippen molar-refractivity contribution in [2.75, 3.05) is 0 Å². The molecule has 0 aliphatic heterocycles. The first-order valence-corrected chi connectivity index (χ1v) is 7.16. The normalized spacial score (nSPS) is 13.0. The summed E-state index contributed by atoms with van der Waals surface area (Å²) in [6.45, 7) is 0. The monoisotopic (exact) mass is 268 g/mol. The third kappa shape index (κ3) is 0.954. The fourth-order valence-electron chi connectivity index (χ4n) is 4.13. The molecule has 0 saturated carbocycles. The Morgan fingerprint density at radius 1 is 0.476 bits per heavy atom. The number of hydrogen-bond acceptors (Lipinski definition) is 0. The second kappa shape index (κ2) is 2.99. The third-order valence-corrected chi connectivity index (χ3v) is 4.97. The minimum Gasteiger partial charge on any atom is -0.206 e. The van der Waals surface area contributed by atoms with Gasteiger partial charge in [0.15, 0.2) is 0 Å². The lowest BCUT2D eigenvalue weighted by Gasteiger charge is -2.05. The van der Waals surface area contributed by atoms with Gasteiger partial charge < -0.3 is 0 Å². The highest BCUT2D eigenvalue weighted by atomic mass is 19.1. The molecule has 96 valence electrons. The maximum atomic E-state index is 14.5. The Balaban J connectivity index is 2.25. The van der Waals surface area contributed by atoms with Crippen LogP contribution in [-0.2, 0) is 0 Å². The average Bonchev–Trinajstić information content (AvgIpc) is 2.88. The Kier molecular flexibility index (Phi) is 1.44. The fourth-order valence-corrected chi connectivity index (χ4v) is 4.13. The number of halogens is 1. The van der Waals surface area contributed by atoms with Crippen LogP contribution < -0.4 is 0 Å². The summed E-state index contributed by atoms with van der Waals surface area (Å²) in [5, 5.41) is 11.6. The van der Waals surface area contributed by atoms with Gasteiger partial charge in [-0.05, 0) is 49.2 Å². The highest BCUT2D eigenvalue weighted by Crippen LogP contribution is 2.48. The van der Waals surface area contributed by atoms with Crippen LogP contribution in [0, 0.1) is 5.82 Å². The molecule has 0 aliphatic carbocycles. The second-order valence-corrected chi connectivity index (χ2v) is 5.94. The van der Waals surface area contributed by atoms with Crippen LogP contribution in [0.5, 0.6) is 0 Å². The van der Waals surface area contributed by atoms with E-state index in [0.29, 0.717) is 0 Å². The molecule has 0 radical (unpaired) electrons. The van der Waals surface area contributed by atoms with Gasteiger partial charge in [-0.1, -0.05) is 48.5 Å². The van der Waals surface area contributed by atoms with E-state index in [1.807, 2.05) is 18.2 Å². The van der Waals surface area contributed by atoms with Gasteiger partial charge in [-0.25, -0.2) is 4.39 Å². The molecule has 21 heavy (non-hydrogen) atoms. The molecular weight excluding hydrogens is 259 g/mol. The van der Waals surface area contributed by atoms with Gasteiger partial charge in [0.2, 0.25) is 0 Å². The van der Waals surface area contributed by atoms with Crippen molar-refractivity contribution >= 4 is 53.9 Å². The van der Waals surface area contributed by atoms with Crippen LogP contribution >= 0.6 is 0 Å². The summed E-state index contributed by atoms with van der Waals surface area (Å²) in [6, 6.07) is 18.4. The quantitative estimate of drug-likeness (QED) is 0.301. The predicted molar refractivity (Wildman–Crippen MR) is 87.5 cm³/mol. The van der Waals surface area contributed by atoms with E-state index in [2.05, 4.69) is 30.3 Å². The van der Waals surface area contributed by atoms with Crippen molar-refractivity contribution in [1.82, 2.24) is 0 Å². The fraction of sp³-hybridized carbons (Fsp3) is 0. The number of benzene rings is 5. The molecule has 0 atom stereocenters. The van der Waals surface area contributed by atoms with Gasteiger partial charge in [0.25, 0.3) is 0 Å². The van der Waals surface area contributed by atoms with Crippen molar-refractivity contribution in [2.24, 2.45) is 0 Å². The molecular formula is C20H9F. The van der Waals surface area contributed by atoms with Gasteiger partial charge in [0.05, 0.1) is 0 Å². The highest BCUT2D eigenvalue weighted by Gasteiger charge is 2.20. The summed E-state index contributed by atoms with van der Waals surface area (Å²) >= 11 is 0. The SMILES string of the molecule is Fc1cc2ccc3ccc4ccc5ccc1c1c5c4c3c21. The zero-order valence-corrected chi connectivity index (χ0v) is 11.1. The van der Waals surface area contributed by atoms with Crippen LogP contribution in [0.1, 0.15) is 0 Å². The lowest BCUT2D eigenvalue weighted by molar-refractivity contribution is 0.641. The molecule has 0 fully saturated rings. The van der Waals surface area contributed by atoms with Crippen LogP contribution in [0.2, 0.25) is 0 Å². The largest absolute Gasteiger partial charge is 0.206 e. The molecule has 0 aliphatic rings. The van der Waals surface area contributed by atoms with E-state index < -0.39 is 0 Å². The van der Waals surface area contributed by atoms with Crippen molar-refractivity contribution < 1.29 is 4.39 Å². The molecule has 6 aromatic rings. The summed E-state index contributed by atoms with van der Waals surface area (Å²) in [5.74, 6) is -0.122. The molecule has 0 N–H and O–H groups in total. The van der Waals surface area contributed by atoms with E-state index in [0.717, 1.165) is 16.2 Å². The van der Waals surface area contributed by atoms with Crippen molar-refractivity contribution in [2.45, 2.75) is 0 Å². The maximum absolute atomic E-state index is 14.5. The van der Waals surface area contributed by atoms with Gasteiger partial charge >= 0.3 is 0 Å². The van der Waals surface area contributed by atoms with E-state index in [9.17, 15) is 4.39 Å². The lowest BCUT2D eigenvalue weighted by atomic mass is 9.99.